The van der Waals surface area contributed by atoms with Crippen LogP contribution in [0.1, 0.15) is 31.8 Å². The Morgan fingerprint density at radius 1 is 0.971 bits per heavy atom. The maximum absolute atomic E-state index is 13.2. The van der Waals surface area contributed by atoms with Crippen molar-refractivity contribution in [3.63, 3.8) is 0 Å². The highest BCUT2D eigenvalue weighted by Crippen LogP contribution is 2.36. The van der Waals surface area contributed by atoms with Crippen molar-refractivity contribution in [3.8, 4) is 0 Å². The van der Waals surface area contributed by atoms with Gasteiger partial charge in [0.25, 0.3) is 15.9 Å². The Morgan fingerprint density at radius 2 is 1.71 bits per heavy atom. The van der Waals surface area contributed by atoms with Gasteiger partial charge in [0.1, 0.15) is 0 Å². The summed E-state index contributed by atoms with van der Waals surface area (Å²) in [6.45, 7) is 0.000826. The minimum atomic E-state index is -4.70. The highest BCUT2D eigenvalue weighted by atomic mass is 32.2. The SMILES string of the molecule is O=C(Nc1ccccc1C(=O)O)c1ccc2c(c1)N(S(=O)(=O)c1cccc(C(F)(F)F)c1)CC2. The highest BCUT2D eigenvalue weighted by molar-refractivity contribution is 7.92. The molecule has 0 aliphatic carbocycles. The molecule has 0 spiro atoms. The minimum Gasteiger partial charge on any atom is -0.478 e. The van der Waals surface area contributed by atoms with Crippen LogP contribution in [0.3, 0.4) is 0 Å². The van der Waals surface area contributed by atoms with E-state index in [1.807, 2.05) is 0 Å². The molecule has 0 bridgehead atoms. The second-order valence-corrected chi connectivity index (χ2v) is 9.36. The third-order valence-electron chi connectivity index (χ3n) is 5.36. The molecule has 11 heteroatoms. The lowest BCUT2D eigenvalue weighted by Crippen LogP contribution is -2.29. The fourth-order valence-electron chi connectivity index (χ4n) is 3.67. The first kappa shape index (κ1) is 23.3. The van der Waals surface area contributed by atoms with Crippen LogP contribution >= 0.6 is 0 Å². The van der Waals surface area contributed by atoms with E-state index in [9.17, 15) is 36.3 Å². The molecule has 7 nitrogen and oxygen atoms in total. The van der Waals surface area contributed by atoms with Crippen molar-refractivity contribution in [2.45, 2.75) is 17.5 Å². The number of nitrogens with zero attached hydrogens (tertiary/aromatic N) is 1. The number of amides is 1. The molecule has 0 saturated carbocycles. The number of halogens is 3. The summed E-state index contributed by atoms with van der Waals surface area (Å²) in [6.07, 6.45) is -4.39. The summed E-state index contributed by atoms with van der Waals surface area (Å²) in [5, 5.41) is 11.8. The summed E-state index contributed by atoms with van der Waals surface area (Å²) >= 11 is 0. The molecular weight excluding hydrogens is 473 g/mol. The zero-order valence-electron chi connectivity index (χ0n) is 17.3. The molecule has 0 saturated heterocycles. The van der Waals surface area contributed by atoms with Gasteiger partial charge in [0.2, 0.25) is 0 Å². The van der Waals surface area contributed by atoms with Crippen LogP contribution in [0.5, 0.6) is 0 Å². The number of alkyl halides is 3. The third kappa shape index (κ3) is 4.34. The summed E-state index contributed by atoms with van der Waals surface area (Å²) in [5.74, 6) is -1.90. The Morgan fingerprint density at radius 3 is 2.41 bits per heavy atom. The van der Waals surface area contributed by atoms with Crippen molar-refractivity contribution in [2.24, 2.45) is 0 Å². The minimum absolute atomic E-state index is 0.000826. The van der Waals surface area contributed by atoms with Crippen LogP contribution in [0.25, 0.3) is 0 Å². The topological polar surface area (TPSA) is 104 Å². The van der Waals surface area contributed by atoms with Gasteiger partial charge in [-0.3, -0.25) is 9.10 Å². The average Bonchev–Trinajstić information content (AvgIpc) is 3.23. The summed E-state index contributed by atoms with van der Waals surface area (Å²) in [4.78, 5) is 23.6. The van der Waals surface area contributed by atoms with Gasteiger partial charge in [0, 0.05) is 12.1 Å². The maximum Gasteiger partial charge on any atom is 0.416 e. The molecule has 1 aliphatic rings. The van der Waals surface area contributed by atoms with E-state index in [4.69, 9.17) is 0 Å². The number of carboxylic acid groups (broad SMARTS) is 1. The molecule has 0 fully saturated rings. The van der Waals surface area contributed by atoms with Gasteiger partial charge in [-0.2, -0.15) is 13.2 Å². The molecule has 176 valence electrons. The molecule has 0 radical (unpaired) electrons. The number of hydrogen-bond donors (Lipinski definition) is 2. The molecule has 3 aromatic rings. The lowest BCUT2D eigenvalue weighted by atomic mass is 10.1. The molecule has 4 rings (SSSR count). The Balaban J connectivity index is 1.66. The van der Waals surface area contributed by atoms with Crippen molar-refractivity contribution in [1.29, 1.82) is 0 Å². The number of carboxylic acids is 1. The fourth-order valence-corrected chi connectivity index (χ4v) is 5.22. The normalized spacial score (nSPS) is 13.4. The molecule has 0 unspecified atom stereocenters. The second-order valence-electron chi connectivity index (χ2n) is 7.50. The lowest BCUT2D eigenvalue weighted by molar-refractivity contribution is -0.137. The largest absolute Gasteiger partial charge is 0.478 e. The van der Waals surface area contributed by atoms with E-state index in [0.29, 0.717) is 18.1 Å². The zero-order valence-corrected chi connectivity index (χ0v) is 18.2. The number of hydrogen-bond acceptors (Lipinski definition) is 4. The van der Waals surface area contributed by atoms with E-state index in [0.717, 1.165) is 22.5 Å². The molecular formula is C23H17F3N2O5S. The van der Waals surface area contributed by atoms with Gasteiger partial charge in [-0.05, 0) is 54.4 Å². The highest BCUT2D eigenvalue weighted by Gasteiger charge is 2.35. The molecule has 1 heterocycles. The second kappa shape index (κ2) is 8.49. The average molecular weight is 490 g/mol. The summed E-state index contributed by atoms with van der Waals surface area (Å²) in [6, 6.07) is 13.6. The first-order valence-electron chi connectivity index (χ1n) is 9.95. The number of carbonyl (C=O) groups is 2. The van der Waals surface area contributed by atoms with Crippen LogP contribution in [-0.2, 0) is 22.6 Å². The van der Waals surface area contributed by atoms with Crippen molar-refractivity contribution < 1.29 is 36.3 Å². The lowest BCUT2D eigenvalue weighted by Gasteiger charge is -2.21. The van der Waals surface area contributed by atoms with E-state index < -0.39 is 38.5 Å². The number of carbonyl (C=O) groups excluding carboxylic acids is 1. The number of para-hydroxylation sites is 1. The Bertz CT molecular complexity index is 1400. The summed E-state index contributed by atoms with van der Waals surface area (Å²) < 4.78 is 66.5. The van der Waals surface area contributed by atoms with Gasteiger partial charge in [0.15, 0.2) is 0 Å². The predicted octanol–water partition coefficient (Wildman–Crippen LogP) is 4.41. The van der Waals surface area contributed by atoms with Crippen LogP contribution in [0, 0.1) is 0 Å². The number of rotatable bonds is 5. The van der Waals surface area contributed by atoms with Gasteiger partial charge >= 0.3 is 12.1 Å². The third-order valence-corrected chi connectivity index (χ3v) is 7.16. The smallest absolute Gasteiger partial charge is 0.416 e. The Hall–Kier alpha value is -3.86. The summed E-state index contributed by atoms with van der Waals surface area (Å²) in [5.41, 5.74) is -0.294. The zero-order chi connectivity index (χ0) is 24.7. The van der Waals surface area contributed by atoms with Crippen LogP contribution in [0.2, 0.25) is 0 Å². The van der Waals surface area contributed by atoms with Gasteiger partial charge in [-0.1, -0.05) is 24.3 Å². The number of fused-ring (bicyclic) bond motifs is 1. The van der Waals surface area contributed by atoms with Crippen molar-refractivity contribution >= 4 is 33.3 Å². The number of anilines is 2. The fraction of sp³-hybridized carbons (Fsp3) is 0.130. The number of nitrogens with one attached hydrogen (secondary N) is 1. The Kier molecular flexibility index (Phi) is 5.82. The molecule has 0 aromatic heterocycles. The maximum atomic E-state index is 13.2. The summed E-state index contributed by atoms with van der Waals surface area (Å²) in [7, 11) is -4.33. The molecule has 34 heavy (non-hydrogen) atoms. The molecule has 1 aliphatic heterocycles. The van der Waals surface area contributed by atoms with Crippen molar-refractivity contribution in [3.05, 3.63) is 89.0 Å². The van der Waals surface area contributed by atoms with E-state index in [-0.39, 0.29) is 29.0 Å². The van der Waals surface area contributed by atoms with Gasteiger partial charge in [-0.15, -0.1) is 0 Å². The van der Waals surface area contributed by atoms with E-state index in [2.05, 4.69) is 5.32 Å². The number of sulfonamides is 1. The first-order valence-corrected chi connectivity index (χ1v) is 11.4. The van der Waals surface area contributed by atoms with E-state index in [1.165, 1.54) is 30.3 Å². The monoisotopic (exact) mass is 490 g/mol. The molecule has 1 amide bonds. The van der Waals surface area contributed by atoms with Crippen LogP contribution in [0.15, 0.2) is 71.6 Å². The van der Waals surface area contributed by atoms with Crippen molar-refractivity contribution in [2.75, 3.05) is 16.2 Å². The predicted molar refractivity (Wildman–Crippen MR) is 117 cm³/mol. The van der Waals surface area contributed by atoms with Gasteiger partial charge in [0.05, 0.1) is 27.4 Å². The standard InChI is InChI=1S/C23H17F3N2O5S/c24-23(25,26)16-4-3-5-17(13-16)34(32,33)28-11-10-14-8-9-15(12-20(14)28)21(29)27-19-7-2-1-6-18(19)22(30)31/h1-9,12-13H,10-11H2,(H,27,29)(H,30,31). The van der Waals surface area contributed by atoms with Crippen LogP contribution in [0.4, 0.5) is 24.5 Å². The van der Waals surface area contributed by atoms with Gasteiger partial charge in [-0.25, -0.2) is 13.2 Å². The van der Waals surface area contributed by atoms with Crippen molar-refractivity contribution in [1.82, 2.24) is 0 Å². The van der Waals surface area contributed by atoms with E-state index in [1.54, 1.807) is 12.1 Å². The van der Waals surface area contributed by atoms with E-state index >= 15 is 0 Å². The Labute approximate surface area is 192 Å². The number of aromatic carboxylic acids is 1. The van der Waals surface area contributed by atoms with Crippen LogP contribution in [-0.4, -0.2) is 31.9 Å². The van der Waals surface area contributed by atoms with Gasteiger partial charge < -0.3 is 10.4 Å². The molecule has 2 N–H and O–H groups in total. The number of benzene rings is 3. The van der Waals surface area contributed by atoms with Crippen LogP contribution < -0.4 is 9.62 Å². The molecule has 3 aromatic carbocycles. The quantitative estimate of drug-likeness (QED) is 0.552. The first-order chi connectivity index (χ1) is 16.0. The molecule has 0 atom stereocenters.